The van der Waals surface area contributed by atoms with Crippen LogP contribution in [-0.2, 0) is 6.18 Å². The smallest absolute Gasteiger partial charge is 0.417 e. The van der Waals surface area contributed by atoms with Crippen LogP contribution < -0.4 is 5.19 Å². The average molecular weight is 410 g/mol. The summed E-state index contributed by atoms with van der Waals surface area (Å²) in [5.74, 6) is -1.71. The molecule has 0 aliphatic rings. The van der Waals surface area contributed by atoms with Crippen molar-refractivity contribution in [3.63, 3.8) is 0 Å². The molecule has 0 saturated heterocycles. The first-order chi connectivity index (χ1) is 8.80. The lowest BCUT2D eigenvalue weighted by Crippen LogP contribution is -2.44. The highest BCUT2D eigenvalue weighted by atomic mass is 79.9. The Hall–Kier alpha value is -0.243. The summed E-state index contributed by atoms with van der Waals surface area (Å²) in [6.45, 7) is 4.91. The topological polar surface area (TPSA) is 37.3 Å². The number of hydrogen-bond acceptors (Lipinski definition) is 1. The van der Waals surface area contributed by atoms with E-state index in [-0.39, 0.29) is 19.7 Å². The average Bonchev–Trinajstić information content (AvgIpc) is 2.21. The summed E-state index contributed by atoms with van der Waals surface area (Å²) < 4.78 is 39.6. The minimum Gasteiger partial charge on any atom is -0.478 e. The summed E-state index contributed by atoms with van der Waals surface area (Å²) in [4.78, 5) is 11.2. The van der Waals surface area contributed by atoms with Crippen LogP contribution in [0.2, 0.25) is 29.7 Å². The van der Waals surface area contributed by atoms with Gasteiger partial charge in [-0.05, 0) is 21.1 Å². The van der Waals surface area contributed by atoms with E-state index in [1.165, 1.54) is 0 Å². The molecule has 0 fully saturated rings. The lowest BCUT2D eigenvalue weighted by molar-refractivity contribution is -0.137. The lowest BCUT2D eigenvalue weighted by atomic mass is 10.1. The molecule has 0 aromatic heterocycles. The molecule has 0 bridgehead atoms. The van der Waals surface area contributed by atoms with E-state index >= 15 is 0 Å². The van der Waals surface area contributed by atoms with Gasteiger partial charge in [0.15, 0.2) is 0 Å². The molecule has 1 rings (SSSR count). The zero-order chi connectivity index (χ0) is 16.0. The van der Waals surface area contributed by atoms with Gasteiger partial charge in [-0.25, -0.2) is 4.79 Å². The minimum absolute atomic E-state index is 0.197. The van der Waals surface area contributed by atoms with Crippen molar-refractivity contribution >= 4 is 58.4 Å². The third kappa shape index (κ3) is 3.15. The second-order valence-electron chi connectivity index (χ2n) is 5.12. The van der Waals surface area contributed by atoms with Crippen molar-refractivity contribution in [3.05, 3.63) is 25.6 Å². The van der Waals surface area contributed by atoms with Crippen LogP contribution in [0.25, 0.3) is 0 Å². The molecule has 20 heavy (non-hydrogen) atoms. The maximum absolute atomic E-state index is 13.3. The fraction of sp³-hybridized carbons (Fsp3) is 0.364. The van der Waals surface area contributed by atoms with Gasteiger partial charge in [0.05, 0.1) is 33.7 Å². The number of carboxylic acid groups (broad SMARTS) is 1. The zero-order valence-electron chi connectivity index (χ0n) is 10.6. The molecule has 112 valence electrons. The Kier molecular flexibility index (Phi) is 4.91. The van der Waals surface area contributed by atoms with E-state index in [1.54, 1.807) is 19.6 Å². The van der Waals surface area contributed by atoms with Crippen molar-refractivity contribution in [1.29, 1.82) is 0 Å². The van der Waals surface area contributed by atoms with Gasteiger partial charge >= 0.3 is 12.1 Å². The maximum atomic E-state index is 13.3. The number of aromatic carboxylic acids is 1. The first kappa shape index (κ1) is 17.8. The molecule has 9 heteroatoms. The van der Waals surface area contributed by atoms with E-state index in [2.05, 4.69) is 15.9 Å². The van der Waals surface area contributed by atoms with Crippen LogP contribution in [-0.4, -0.2) is 19.1 Å². The molecule has 1 N–H and O–H groups in total. The van der Waals surface area contributed by atoms with Crippen LogP contribution in [0.15, 0.2) is 4.47 Å². The second kappa shape index (κ2) is 5.51. The van der Waals surface area contributed by atoms with Crippen molar-refractivity contribution in [2.75, 3.05) is 0 Å². The third-order valence-electron chi connectivity index (χ3n) is 2.57. The largest absolute Gasteiger partial charge is 0.478 e. The molecule has 1 aromatic carbocycles. The van der Waals surface area contributed by atoms with Crippen molar-refractivity contribution in [1.82, 2.24) is 0 Å². The van der Waals surface area contributed by atoms with Gasteiger partial charge in [-0.3, -0.25) is 0 Å². The number of hydrogen-bond donors (Lipinski definition) is 1. The summed E-state index contributed by atoms with van der Waals surface area (Å²) in [5, 5.41) is 8.45. The van der Waals surface area contributed by atoms with Crippen molar-refractivity contribution in [3.8, 4) is 0 Å². The molecule has 0 saturated carbocycles. The molecule has 0 radical (unpaired) electrons. The van der Waals surface area contributed by atoms with Gasteiger partial charge in [0, 0.05) is 0 Å². The van der Waals surface area contributed by atoms with E-state index in [4.69, 9.17) is 28.3 Å². The zero-order valence-corrected chi connectivity index (χ0v) is 14.7. The molecule has 0 amide bonds. The Morgan fingerprint density at radius 2 is 1.65 bits per heavy atom. The number of carboxylic acids is 1. The summed E-state index contributed by atoms with van der Waals surface area (Å²) >= 11 is 14.6. The first-order valence-electron chi connectivity index (χ1n) is 5.31. The van der Waals surface area contributed by atoms with Crippen LogP contribution in [0, 0.1) is 0 Å². The molecule has 0 unspecified atom stereocenters. The maximum Gasteiger partial charge on any atom is 0.417 e. The van der Waals surface area contributed by atoms with E-state index in [0.717, 1.165) is 0 Å². The van der Waals surface area contributed by atoms with Crippen LogP contribution in [0.5, 0.6) is 0 Å². The van der Waals surface area contributed by atoms with Crippen LogP contribution in [0.4, 0.5) is 13.2 Å². The van der Waals surface area contributed by atoms with Crippen molar-refractivity contribution in [2.45, 2.75) is 25.8 Å². The predicted octanol–water partition coefficient (Wildman–Crippen LogP) is 5.02. The summed E-state index contributed by atoms with van der Waals surface area (Å²) in [5.41, 5.74) is -2.12. The van der Waals surface area contributed by atoms with Gasteiger partial charge in [0.1, 0.15) is 0 Å². The number of rotatable bonds is 2. The molecule has 0 atom stereocenters. The Morgan fingerprint density at radius 1 is 1.20 bits per heavy atom. The SMILES string of the molecule is C[Si](C)(C)c1c(Cl)c(Cl)c(Br)c(C(=O)O)c1C(F)(F)F. The molecule has 0 spiro atoms. The third-order valence-corrected chi connectivity index (χ3v) is 6.60. The summed E-state index contributed by atoms with van der Waals surface area (Å²) in [6, 6.07) is 0. The normalized spacial score (nSPS) is 12.7. The number of carbonyl (C=O) groups is 1. The van der Waals surface area contributed by atoms with Gasteiger partial charge < -0.3 is 5.11 Å². The molecule has 0 heterocycles. The van der Waals surface area contributed by atoms with Crippen LogP contribution in [0.3, 0.4) is 0 Å². The van der Waals surface area contributed by atoms with E-state index in [0.29, 0.717) is 0 Å². The van der Waals surface area contributed by atoms with Gasteiger partial charge in [-0.2, -0.15) is 13.2 Å². The molecule has 1 aromatic rings. The number of alkyl halides is 3. The Bertz CT molecular complexity index is 583. The first-order valence-corrected chi connectivity index (χ1v) is 10.4. The highest BCUT2D eigenvalue weighted by Crippen LogP contribution is 2.42. The Balaban J connectivity index is 4.07. The van der Waals surface area contributed by atoms with E-state index < -0.39 is 31.3 Å². The minimum atomic E-state index is -4.83. The van der Waals surface area contributed by atoms with Gasteiger partial charge in [-0.15, -0.1) is 0 Å². The summed E-state index contributed by atoms with van der Waals surface area (Å²) in [6.07, 6.45) is -4.83. The fourth-order valence-corrected chi connectivity index (χ4v) is 5.64. The second-order valence-corrected chi connectivity index (χ2v) is 11.7. The van der Waals surface area contributed by atoms with E-state index in [1.807, 2.05) is 0 Å². The van der Waals surface area contributed by atoms with E-state index in [9.17, 15) is 18.0 Å². The summed E-state index contributed by atoms with van der Waals surface area (Å²) in [7, 11) is -2.58. The fourth-order valence-electron chi connectivity index (χ4n) is 1.85. The molecular weight excluding hydrogens is 400 g/mol. The van der Waals surface area contributed by atoms with Crippen molar-refractivity contribution < 1.29 is 23.1 Å². The monoisotopic (exact) mass is 408 g/mol. The lowest BCUT2D eigenvalue weighted by Gasteiger charge is -2.27. The molecule has 0 aliphatic carbocycles. The van der Waals surface area contributed by atoms with Gasteiger partial charge in [0.2, 0.25) is 0 Å². The predicted molar refractivity (Wildman–Crippen MR) is 79.1 cm³/mol. The number of benzene rings is 1. The van der Waals surface area contributed by atoms with Crippen LogP contribution >= 0.6 is 39.1 Å². The molecule has 2 nitrogen and oxygen atoms in total. The number of halogens is 6. The quantitative estimate of drug-likeness (QED) is 0.550. The van der Waals surface area contributed by atoms with Crippen molar-refractivity contribution in [2.24, 2.45) is 0 Å². The van der Waals surface area contributed by atoms with Gasteiger partial charge in [-0.1, -0.05) is 42.8 Å². The molecule has 0 aliphatic heterocycles. The standard InChI is InChI=1S/C11H10BrCl2F3O2Si/c1-20(2,3)9-5(11(15,16)17)4(10(18)19)6(12)7(13)8(9)14/h1-3H3,(H,18,19). The highest BCUT2D eigenvalue weighted by molar-refractivity contribution is 9.10. The Labute approximate surface area is 133 Å². The highest BCUT2D eigenvalue weighted by Gasteiger charge is 2.44. The Morgan fingerprint density at radius 3 is 1.95 bits per heavy atom. The molecular formula is C11H10BrCl2F3O2Si. The van der Waals surface area contributed by atoms with Gasteiger partial charge in [0.25, 0.3) is 0 Å². The van der Waals surface area contributed by atoms with Crippen LogP contribution in [0.1, 0.15) is 15.9 Å².